The largest absolute Gasteiger partial charge is 0.507 e. The first-order valence-electron chi connectivity index (χ1n) is 11.6. The van der Waals surface area contributed by atoms with Crippen LogP contribution in [0.15, 0.2) is 103 Å². The van der Waals surface area contributed by atoms with Gasteiger partial charge in [0.15, 0.2) is 0 Å². The van der Waals surface area contributed by atoms with Gasteiger partial charge in [-0.1, -0.05) is 72.8 Å². The number of Topliss-reactive ketones (excluding diaryl/α,β-unsaturated/α-hetero) is 1. The summed E-state index contributed by atoms with van der Waals surface area (Å²) in [4.78, 5) is 28.3. The number of fused-ring (bicyclic) bond motifs is 1. The van der Waals surface area contributed by atoms with Crippen molar-refractivity contribution in [2.75, 3.05) is 4.90 Å². The summed E-state index contributed by atoms with van der Waals surface area (Å²) in [5.41, 5.74) is 1.81. The van der Waals surface area contributed by atoms with Gasteiger partial charge in [0.2, 0.25) is 0 Å². The highest BCUT2D eigenvalue weighted by molar-refractivity contribution is 6.51. The predicted octanol–water partition coefficient (Wildman–Crippen LogP) is 6.25. The Labute approximate surface area is 203 Å². The van der Waals surface area contributed by atoms with Gasteiger partial charge in [0.1, 0.15) is 11.5 Å². The molecule has 1 amide bonds. The van der Waals surface area contributed by atoms with E-state index in [0.29, 0.717) is 22.6 Å². The zero-order valence-corrected chi connectivity index (χ0v) is 19.5. The highest BCUT2D eigenvalue weighted by atomic mass is 16.5. The summed E-state index contributed by atoms with van der Waals surface area (Å²) in [7, 11) is 0. The molecule has 5 rings (SSSR count). The molecule has 0 aliphatic carbocycles. The van der Waals surface area contributed by atoms with Gasteiger partial charge in [-0.05, 0) is 54.4 Å². The summed E-state index contributed by atoms with van der Waals surface area (Å²) in [6.45, 7) is 3.87. The number of anilines is 1. The van der Waals surface area contributed by atoms with Crippen LogP contribution >= 0.6 is 0 Å². The fourth-order valence-electron chi connectivity index (χ4n) is 4.61. The SMILES string of the molecule is CC(C)Oc1cccc(C2/C(=C(/O)c3cccc4ccccc34)C(=O)C(=O)N2c2ccccc2)c1. The van der Waals surface area contributed by atoms with Crippen molar-refractivity contribution in [1.82, 2.24) is 0 Å². The van der Waals surface area contributed by atoms with Gasteiger partial charge >= 0.3 is 0 Å². The fourth-order valence-corrected chi connectivity index (χ4v) is 4.61. The molecule has 1 saturated heterocycles. The molecule has 1 aliphatic rings. The Balaban J connectivity index is 1.75. The fraction of sp³-hybridized carbons (Fsp3) is 0.133. The Kier molecular flexibility index (Phi) is 5.83. The molecule has 0 aromatic heterocycles. The minimum absolute atomic E-state index is 0.0404. The highest BCUT2D eigenvalue weighted by Gasteiger charge is 2.47. The van der Waals surface area contributed by atoms with Crippen LogP contribution in [-0.2, 0) is 9.59 Å². The molecule has 5 heteroatoms. The molecule has 0 saturated carbocycles. The number of aliphatic hydroxyl groups excluding tert-OH is 1. The Morgan fingerprint density at radius 1 is 0.857 bits per heavy atom. The van der Waals surface area contributed by atoms with E-state index in [1.54, 1.807) is 18.2 Å². The average Bonchev–Trinajstić information content (AvgIpc) is 3.14. The first-order valence-corrected chi connectivity index (χ1v) is 11.6. The number of benzene rings is 4. The van der Waals surface area contributed by atoms with Gasteiger partial charge in [-0.3, -0.25) is 14.5 Å². The van der Waals surface area contributed by atoms with E-state index in [-0.39, 0.29) is 17.4 Å². The van der Waals surface area contributed by atoms with Crippen LogP contribution in [0.1, 0.15) is 31.0 Å². The van der Waals surface area contributed by atoms with E-state index in [1.807, 2.05) is 92.7 Å². The minimum atomic E-state index is -0.813. The Morgan fingerprint density at radius 2 is 1.54 bits per heavy atom. The van der Waals surface area contributed by atoms with Crippen molar-refractivity contribution in [3.8, 4) is 5.75 Å². The third kappa shape index (κ3) is 4.06. The normalized spacial score (nSPS) is 17.3. The van der Waals surface area contributed by atoms with E-state index in [2.05, 4.69) is 0 Å². The van der Waals surface area contributed by atoms with Gasteiger partial charge in [0, 0.05) is 11.3 Å². The average molecular weight is 464 g/mol. The van der Waals surface area contributed by atoms with Gasteiger partial charge in [-0.15, -0.1) is 0 Å². The third-order valence-electron chi connectivity index (χ3n) is 6.07. The molecule has 174 valence electrons. The Bertz CT molecular complexity index is 1450. The van der Waals surface area contributed by atoms with Crippen molar-refractivity contribution in [2.45, 2.75) is 26.0 Å². The van der Waals surface area contributed by atoms with Crippen LogP contribution in [0.4, 0.5) is 5.69 Å². The zero-order valence-electron chi connectivity index (χ0n) is 19.5. The van der Waals surface area contributed by atoms with E-state index in [4.69, 9.17) is 4.74 Å². The van der Waals surface area contributed by atoms with E-state index in [0.717, 1.165) is 10.8 Å². The molecular weight excluding hydrogens is 438 g/mol. The lowest BCUT2D eigenvalue weighted by molar-refractivity contribution is -0.132. The standard InChI is InChI=1S/C30H25NO4/c1-19(2)35-23-15-8-12-21(18-23)27-26(29(33)30(34)31(27)22-13-4-3-5-14-22)28(32)25-17-9-11-20-10-6-7-16-24(20)25/h3-19,27,32H,1-2H3/b28-26-. The van der Waals surface area contributed by atoms with Crippen LogP contribution in [0.3, 0.4) is 0 Å². The number of rotatable bonds is 5. The van der Waals surface area contributed by atoms with Crippen molar-refractivity contribution in [3.63, 3.8) is 0 Å². The number of aliphatic hydroxyl groups is 1. The van der Waals surface area contributed by atoms with Gasteiger partial charge in [0.25, 0.3) is 11.7 Å². The second-order valence-electron chi connectivity index (χ2n) is 8.77. The van der Waals surface area contributed by atoms with Crippen LogP contribution in [0.25, 0.3) is 16.5 Å². The first-order chi connectivity index (χ1) is 17.0. The Hall–Kier alpha value is -4.38. The second kappa shape index (κ2) is 9.11. The molecule has 0 radical (unpaired) electrons. The topological polar surface area (TPSA) is 66.8 Å². The summed E-state index contributed by atoms with van der Waals surface area (Å²) in [6.07, 6.45) is -0.0404. The number of nitrogens with zero attached hydrogens (tertiary/aromatic N) is 1. The molecule has 0 bridgehead atoms. The van der Waals surface area contributed by atoms with Gasteiger partial charge in [-0.25, -0.2) is 0 Å². The molecule has 1 N–H and O–H groups in total. The Morgan fingerprint density at radius 3 is 2.31 bits per heavy atom. The van der Waals surface area contributed by atoms with Gasteiger partial charge in [0.05, 0.1) is 17.7 Å². The van der Waals surface area contributed by atoms with Gasteiger partial charge in [-0.2, -0.15) is 0 Å². The summed E-state index contributed by atoms with van der Waals surface area (Å²) < 4.78 is 5.88. The van der Waals surface area contributed by atoms with E-state index in [1.165, 1.54) is 4.90 Å². The molecule has 1 atom stereocenters. The molecule has 4 aromatic carbocycles. The van der Waals surface area contributed by atoms with E-state index in [9.17, 15) is 14.7 Å². The van der Waals surface area contributed by atoms with Crippen LogP contribution in [0.5, 0.6) is 5.75 Å². The molecule has 1 unspecified atom stereocenters. The maximum atomic E-state index is 13.4. The molecule has 4 aromatic rings. The van der Waals surface area contributed by atoms with Crippen LogP contribution in [0, 0.1) is 0 Å². The van der Waals surface area contributed by atoms with Crippen molar-refractivity contribution in [1.29, 1.82) is 0 Å². The number of ether oxygens (including phenoxy) is 1. The number of hydrogen-bond acceptors (Lipinski definition) is 4. The lowest BCUT2D eigenvalue weighted by Crippen LogP contribution is -2.29. The van der Waals surface area contributed by atoms with E-state index >= 15 is 0 Å². The van der Waals surface area contributed by atoms with Crippen molar-refractivity contribution >= 4 is 33.9 Å². The maximum Gasteiger partial charge on any atom is 0.300 e. The third-order valence-corrected chi connectivity index (χ3v) is 6.07. The number of carbonyl (C=O) groups excluding carboxylic acids is 2. The number of hydrogen-bond donors (Lipinski definition) is 1. The minimum Gasteiger partial charge on any atom is -0.507 e. The number of amides is 1. The van der Waals surface area contributed by atoms with Crippen molar-refractivity contribution in [2.24, 2.45) is 0 Å². The smallest absolute Gasteiger partial charge is 0.300 e. The monoisotopic (exact) mass is 463 g/mol. The maximum absolute atomic E-state index is 13.4. The zero-order chi connectivity index (χ0) is 24.5. The van der Waals surface area contributed by atoms with Crippen LogP contribution < -0.4 is 9.64 Å². The quantitative estimate of drug-likeness (QED) is 0.216. The molecular formula is C30H25NO4. The van der Waals surface area contributed by atoms with Crippen molar-refractivity contribution < 1.29 is 19.4 Å². The molecule has 1 fully saturated rings. The number of para-hydroxylation sites is 1. The lowest BCUT2D eigenvalue weighted by atomic mass is 9.93. The van der Waals surface area contributed by atoms with Crippen molar-refractivity contribution in [3.05, 3.63) is 114 Å². The summed E-state index contributed by atoms with van der Waals surface area (Å²) in [5.74, 6) is -0.974. The lowest BCUT2D eigenvalue weighted by Gasteiger charge is -2.26. The number of ketones is 1. The first kappa shape index (κ1) is 22.4. The molecule has 1 heterocycles. The van der Waals surface area contributed by atoms with E-state index < -0.39 is 17.7 Å². The molecule has 35 heavy (non-hydrogen) atoms. The highest BCUT2D eigenvalue weighted by Crippen LogP contribution is 2.43. The summed E-state index contributed by atoms with van der Waals surface area (Å²) in [5, 5.41) is 13.3. The summed E-state index contributed by atoms with van der Waals surface area (Å²) >= 11 is 0. The summed E-state index contributed by atoms with van der Waals surface area (Å²) in [6, 6.07) is 28.7. The predicted molar refractivity (Wildman–Crippen MR) is 137 cm³/mol. The molecule has 1 aliphatic heterocycles. The second-order valence-corrected chi connectivity index (χ2v) is 8.77. The van der Waals surface area contributed by atoms with Gasteiger partial charge < -0.3 is 9.84 Å². The van der Waals surface area contributed by atoms with Crippen LogP contribution in [-0.4, -0.2) is 22.9 Å². The molecule has 0 spiro atoms. The number of carbonyl (C=O) groups is 2. The van der Waals surface area contributed by atoms with Crippen LogP contribution in [0.2, 0.25) is 0 Å². The molecule has 5 nitrogen and oxygen atoms in total.